The van der Waals surface area contributed by atoms with Crippen LogP contribution in [-0.4, -0.2) is 29.6 Å². The van der Waals surface area contributed by atoms with Crippen molar-refractivity contribution in [2.75, 3.05) is 13.7 Å². The Morgan fingerprint density at radius 2 is 1.96 bits per heavy atom. The molecule has 1 fully saturated rings. The number of thioether (sulfide) groups is 1. The van der Waals surface area contributed by atoms with Gasteiger partial charge in [-0.15, -0.1) is 6.42 Å². The topological polar surface area (TPSA) is 41.9 Å². The number of hydrogen-bond acceptors (Lipinski definition) is 4. The maximum Gasteiger partial charge on any atom is 0.266 e. The molecule has 1 saturated heterocycles. The van der Waals surface area contributed by atoms with Crippen molar-refractivity contribution in [3.63, 3.8) is 0 Å². The highest BCUT2D eigenvalue weighted by atomic mass is 32.2. The second-order valence-corrected chi connectivity index (χ2v) is 6.89. The van der Waals surface area contributed by atoms with E-state index in [4.69, 9.17) is 16.2 Å². The van der Waals surface area contributed by atoms with Gasteiger partial charge in [0.2, 0.25) is 0 Å². The van der Waals surface area contributed by atoms with Crippen molar-refractivity contribution >= 4 is 34.6 Å². The lowest BCUT2D eigenvalue weighted by molar-refractivity contribution is -0.121. The average Bonchev–Trinajstić information content (AvgIpc) is 2.95. The standard InChI is InChI=1S/C22H20N2O2S/c1-4-14-26-19-13-9-7-11-17(19)15-20-21(25)24(3)22(27-20)23-18-12-8-6-10-16(18)5-2/h1,6-13,15H,5,14H2,2-3H3/b20-15+,23-22?. The van der Waals surface area contributed by atoms with Crippen molar-refractivity contribution in [3.05, 3.63) is 64.6 Å². The van der Waals surface area contributed by atoms with E-state index < -0.39 is 0 Å². The number of aryl methyl sites for hydroxylation is 1. The molecule has 1 aliphatic rings. The number of amides is 1. The minimum absolute atomic E-state index is 0.0838. The first-order valence-electron chi connectivity index (χ1n) is 8.63. The van der Waals surface area contributed by atoms with E-state index >= 15 is 0 Å². The molecule has 136 valence electrons. The number of benzene rings is 2. The molecule has 0 unspecified atom stereocenters. The molecule has 0 N–H and O–H groups in total. The van der Waals surface area contributed by atoms with Crippen LogP contribution in [0, 0.1) is 12.3 Å². The van der Waals surface area contributed by atoms with E-state index in [1.165, 1.54) is 11.8 Å². The molecule has 0 radical (unpaired) electrons. The molecule has 3 rings (SSSR count). The predicted molar refractivity (Wildman–Crippen MR) is 112 cm³/mol. The Labute approximate surface area is 163 Å². The molecule has 4 nitrogen and oxygen atoms in total. The van der Waals surface area contributed by atoms with Crippen LogP contribution in [0.2, 0.25) is 0 Å². The molecule has 2 aromatic carbocycles. The largest absolute Gasteiger partial charge is 0.480 e. The lowest BCUT2D eigenvalue weighted by Gasteiger charge is -2.09. The Bertz CT molecular complexity index is 957. The van der Waals surface area contributed by atoms with Crippen molar-refractivity contribution in [3.8, 4) is 18.1 Å². The van der Waals surface area contributed by atoms with Crippen molar-refractivity contribution in [2.24, 2.45) is 4.99 Å². The zero-order valence-electron chi connectivity index (χ0n) is 15.3. The number of carbonyl (C=O) groups excluding carboxylic acids is 1. The van der Waals surface area contributed by atoms with Crippen molar-refractivity contribution in [1.82, 2.24) is 4.90 Å². The molecule has 1 aliphatic heterocycles. The smallest absolute Gasteiger partial charge is 0.266 e. The van der Waals surface area contributed by atoms with E-state index in [1.807, 2.05) is 48.5 Å². The fraction of sp³-hybridized carbons (Fsp3) is 0.182. The average molecular weight is 376 g/mol. The van der Waals surface area contributed by atoms with Crippen LogP contribution < -0.4 is 4.74 Å². The number of carbonyl (C=O) groups is 1. The lowest BCUT2D eigenvalue weighted by atomic mass is 10.1. The Hall–Kier alpha value is -2.97. The summed E-state index contributed by atoms with van der Waals surface area (Å²) in [6.45, 7) is 2.27. The molecular formula is C22H20N2O2S. The van der Waals surface area contributed by atoms with Gasteiger partial charge in [0.1, 0.15) is 12.4 Å². The van der Waals surface area contributed by atoms with E-state index in [-0.39, 0.29) is 12.5 Å². The minimum atomic E-state index is -0.0838. The van der Waals surface area contributed by atoms with Crippen LogP contribution in [0.5, 0.6) is 5.75 Å². The molecule has 2 aromatic rings. The van der Waals surface area contributed by atoms with Crippen LogP contribution in [0.4, 0.5) is 5.69 Å². The molecule has 1 amide bonds. The molecule has 5 heteroatoms. The molecule has 0 aliphatic carbocycles. The molecule has 0 atom stereocenters. The predicted octanol–water partition coefficient (Wildman–Crippen LogP) is 4.49. The number of ether oxygens (including phenoxy) is 1. The van der Waals surface area contributed by atoms with Gasteiger partial charge in [-0.1, -0.05) is 49.2 Å². The third-order valence-electron chi connectivity index (χ3n) is 4.11. The summed E-state index contributed by atoms with van der Waals surface area (Å²) in [7, 11) is 1.74. The summed E-state index contributed by atoms with van der Waals surface area (Å²) in [5.74, 6) is 3.03. The molecule has 0 saturated carbocycles. The first-order valence-corrected chi connectivity index (χ1v) is 9.45. The van der Waals surface area contributed by atoms with Gasteiger partial charge < -0.3 is 4.74 Å². The number of para-hydroxylation sites is 2. The van der Waals surface area contributed by atoms with Crippen LogP contribution in [0.1, 0.15) is 18.1 Å². The number of likely N-dealkylation sites (N-methyl/N-ethyl adjacent to an activating group) is 1. The highest BCUT2D eigenvalue weighted by Crippen LogP contribution is 2.35. The fourth-order valence-corrected chi connectivity index (χ4v) is 3.64. The van der Waals surface area contributed by atoms with Crippen LogP contribution >= 0.6 is 11.8 Å². The van der Waals surface area contributed by atoms with Gasteiger partial charge in [0.05, 0.1) is 10.6 Å². The number of terminal acetylenes is 1. The monoisotopic (exact) mass is 376 g/mol. The van der Waals surface area contributed by atoms with Crippen LogP contribution in [0.25, 0.3) is 6.08 Å². The summed E-state index contributed by atoms with van der Waals surface area (Å²) in [4.78, 5) is 19.6. The van der Waals surface area contributed by atoms with E-state index in [0.717, 1.165) is 23.2 Å². The maximum absolute atomic E-state index is 12.7. The third-order valence-corrected chi connectivity index (χ3v) is 5.17. The molecular weight excluding hydrogens is 356 g/mol. The normalized spacial score (nSPS) is 16.8. The van der Waals surface area contributed by atoms with Crippen LogP contribution in [0.15, 0.2) is 58.4 Å². The third kappa shape index (κ3) is 4.24. The molecule has 1 heterocycles. The number of amidine groups is 1. The van der Waals surface area contributed by atoms with E-state index in [1.54, 1.807) is 11.9 Å². The first-order chi connectivity index (χ1) is 13.1. The van der Waals surface area contributed by atoms with Crippen molar-refractivity contribution in [2.45, 2.75) is 13.3 Å². The van der Waals surface area contributed by atoms with Gasteiger partial charge in [-0.2, -0.15) is 0 Å². The van der Waals surface area contributed by atoms with Gasteiger partial charge >= 0.3 is 0 Å². The van der Waals surface area contributed by atoms with Crippen molar-refractivity contribution < 1.29 is 9.53 Å². The van der Waals surface area contributed by atoms with Gasteiger partial charge in [-0.3, -0.25) is 9.69 Å². The summed E-state index contributed by atoms with van der Waals surface area (Å²) < 4.78 is 5.57. The fourth-order valence-electron chi connectivity index (χ4n) is 2.67. The van der Waals surface area contributed by atoms with E-state index in [2.05, 4.69) is 18.9 Å². The zero-order chi connectivity index (χ0) is 19.2. The molecule has 0 aromatic heterocycles. The van der Waals surface area contributed by atoms with Crippen LogP contribution in [-0.2, 0) is 11.2 Å². The summed E-state index contributed by atoms with van der Waals surface area (Å²) in [5.41, 5.74) is 2.85. The van der Waals surface area contributed by atoms with Gasteiger partial charge in [-0.05, 0) is 42.0 Å². The second-order valence-electron chi connectivity index (χ2n) is 5.88. The SMILES string of the molecule is C#CCOc1ccccc1/C=C1/SC(=Nc2ccccc2CC)N(C)C1=O. The number of rotatable bonds is 5. The van der Waals surface area contributed by atoms with Crippen molar-refractivity contribution in [1.29, 1.82) is 0 Å². The van der Waals surface area contributed by atoms with Gasteiger partial charge in [0, 0.05) is 12.6 Å². The lowest BCUT2D eigenvalue weighted by Crippen LogP contribution is -2.23. The summed E-state index contributed by atoms with van der Waals surface area (Å²) >= 11 is 1.36. The Morgan fingerprint density at radius 1 is 1.22 bits per heavy atom. The summed E-state index contributed by atoms with van der Waals surface area (Å²) in [6.07, 6.45) is 7.98. The Kier molecular flexibility index (Phi) is 6.00. The van der Waals surface area contributed by atoms with Gasteiger partial charge in [0.25, 0.3) is 5.91 Å². The summed E-state index contributed by atoms with van der Waals surface area (Å²) in [6, 6.07) is 15.5. The highest BCUT2D eigenvalue weighted by Gasteiger charge is 2.30. The highest BCUT2D eigenvalue weighted by molar-refractivity contribution is 8.18. The maximum atomic E-state index is 12.7. The van der Waals surface area contributed by atoms with Crippen LogP contribution in [0.3, 0.4) is 0 Å². The van der Waals surface area contributed by atoms with E-state index in [0.29, 0.717) is 15.8 Å². The van der Waals surface area contributed by atoms with Gasteiger partial charge in [-0.25, -0.2) is 4.99 Å². The molecule has 0 bridgehead atoms. The second kappa shape index (κ2) is 8.61. The summed E-state index contributed by atoms with van der Waals surface area (Å²) in [5, 5.41) is 0.661. The minimum Gasteiger partial charge on any atom is -0.480 e. The molecule has 27 heavy (non-hydrogen) atoms. The number of aliphatic imine (C=N–C) groups is 1. The number of hydrogen-bond donors (Lipinski definition) is 0. The Morgan fingerprint density at radius 3 is 2.74 bits per heavy atom. The van der Waals surface area contributed by atoms with Gasteiger partial charge in [0.15, 0.2) is 5.17 Å². The first kappa shape index (κ1) is 18.8. The number of nitrogens with zero attached hydrogens (tertiary/aromatic N) is 2. The Balaban J connectivity index is 1.92. The quantitative estimate of drug-likeness (QED) is 0.570. The zero-order valence-corrected chi connectivity index (χ0v) is 16.1. The molecule has 0 spiro atoms. The van der Waals surface area contributed by atoms with E-state index in [9.17, 15) is 4.79 Å².